The van der Waals surface area contributed by atoms with Gasteiger partial charge >= 0.3 is 0 Å². The quantitative estimate of drug-likeness (QED) is 0.315. The summed E-state index contributed by atoms with van der Waals surface area (Å²) >= 11 is 0. The highest BCUT2D eigenvalue weighted by Crippen LogP contribution is 2.17. The first-order chi connectivity index (χ1) is 11.6. The van der Waals surface area contributed by atoms with Gasteiger partial charge < -0.3 is 14.2 Å². The molecule has 3 heteroatoms. The van der Waals surface area contributed by atoms with Gasteiger partial charge in [-0.1, -0.05) is 80.1 Å². The van der Waals surface area contributed by atoms with E-state index in [9.17, 15) is 0 Å². The number of hydrogen-bond acceptors (Lipinski definition) is 3. The zero-order chi connectivity index (χ0) is 18.2. The van der Waals surface area contributed by atoms with Gasteiger partial charge in [0.1, 0.15) is 6.10 Å². The molecular formula is C21H41O3. The van der Waals surface area contributed by atoms with Crippen molar-refractivity contribution in [1.82, 2.24) is 0 Å². The van der Waals surface area contributed by atoms with Gasteiger partial charge in [-0.15, -0.1) is 0 Å². The van der Waals surface area contributed by atoms with Crippen LogP contribution in [-0.4, -0.2) is 19.3 Å². The fourth-order valence-corrected chi connectivity index (χ4v) is 2.39. The van der Waals surface area contributed by atoms with Crippen LogP contribution in [0.2, 0.25) is 0 Å². The summed E-state index contributed by atoms with van der Waals surface area (Å²) in [6.45, 7) is 20.2. The van der Waals surface area contributed by atoms with Gasteiger partial charge in [0.05, 0.1) is 33.0 Å². The van der Waals surface area contributed by atoms with Crippen LogP contribution in [0.15, 0.2) is 0 Å². The normalized spacial score (nSPS) is 12.2. The first-order valence-electron chi connectivity index (χ1n) is 10.0. The van der Waals surface area contributed by atoms with Crippen molar-refractivity contribution < 1.29 is 14.2 Å². The first-order valence-corrected chi connectivity index (χ1v) is 10.0. The maximum atomic E-state index is 5.97. The number of rotatable bonds is 17. The first kappa shape index (κ1) is 23.9. The lowest BCUT2D eigenvalue weighted by molar-refractivity contribution is -0.0311. The standard InChI is InChI=1S/C21H41O3/c1-7-18(8-2)13-22-16-21(24-15-20(11-5)12-6)17-23-14-19(9-3)10-4/h13-15,18-21H,7-12,16-17H2,1-6H3. The molecule has 0 atom stereocenters. The molecule has 0 fully saturated rings. The Morgan fingerprint density at radius 3 is 1.21 bits per heavy atom. The Kier molecular flexibility index (Phi) is 16.3. The van der Waals surface area contributed by atoms with E-state index in [-0.39, 0.29) is 6.10 Å². The molecule has 143 valence electrons. The molecule has 0 spiro atoms. The van der Waals surface area contributed by atoms with Crippen molar-refractivity contribution in [3.63, 3.8) is 0 Å². The maximum Gasteiger partial charge on any atom is 0.105 e. The van der Waals surface area contributed by atoms with Gasteiger partial charge in [-0.3, -0.25) is 0 Å². The van der Waals surface area contributed by atoms with Crippen molar-refractivity contribution in [2.45, 2.75) is 86.2 Å². The average Bonchev–Trinajstić information content (AvgIpc) is 2.62. The Balaban J connectivity index is 4.26. The summed E-state index contributed by atoms with van der Waals surface area (Å²) < 4.78 is 17.5. The summed E-state index contributed by atoms with van der Waals surface area (Å²) in [5.41, 5.74) is 0. The SMILES string of the molecule is CCC([CH]OCC(CO[CH]C(CC)CC)O[CH]C(CC)CC)CC. The van der Waals surface area contributed by atoms with Crippen molar-refractivity contribution >= 4 is 0 Å². The Bertz CT molecular complexity index is 227. The molecule has 0 saturated heterocycles. The number of hydrogen-bond donors (Lipinski definition) is 0. The zero-order valence-corrected chi connectivity index (χ0v) is 16.9. The lowest BCUT2D eigenvalue weighted by Crippen LogP contribution is -2.26. The lowest BCUT2D eigenvalue weighted by atomic mass is 10.1. The zero-order valence-electron chi connectivity index (χ0n) is 16.9. The third kappa shape index (κ3) is 11.4. The summed E-state index contributed by atoms with van der Waals surface area (Å²) in [6.07, 6.45) is 6.60. The van der Waals surface area contributed by atoms with E-state index in [4.69, 9.17) is 14.2 Å². The minimum atomic E-state index is -0.0539. The largest absolute Gasteiger partial charge is 0.372 e. The predicted octanol–water partition coefficient (Wildman–Crippen LogP) is 6.20. The Morgan fingerprint density at radius 1 is 0.542 bits per heavy atom. The molecule has 0 unspecified atom stereocenters. The van der Waals surface area contributed by atoms with Crippen LogP contribution in [0.3, 0.4) is 0 Å². The highest BCUT2D eigenvalue weighted by Gasteiger charge is 2.16. The summed E-state index contributed by atoms with van der Waals surface area (Å²) in [6, 6.07) is 0. The molecule has 0 bridgehead atoms. The second-order valence-electron chi connectivity index (χ2n) is 6.56. The van der Waals surface area contributed by atoms with E-state index in [2.05, 4.69) is 41.5 Å². The van der Waals surface area contributed by atoms with Crippen molar-refractivity contribution in [3.05, 3.63) is 19.8 Å². The summed E-state index contributed by atoms with van der Waals surface area (Å²) in [5, 5.41) is 0. The van der Waals surface area contributed by atoms with Gasteiger partial charge in [0, 0.05) is 0 Å². The molecule has 0 aromatic rings. The minimum Gasteiger partial charge on any atom is -0.372 e. The van der Waals surface area contributed by atoms with Crippen LogP contribution in [0.5, 0.6) is 0 Å². The summed E-state index contributed by atoms with van der Waals surface area (Å²) in [5.74, 6) is 1.54. The fraction of sp³-hybridized carbons (Fsp3) is 0.857. The van der Waals surface area contributed by atoms with Crippen LogP contribution in [0.1, 0.15) is 80.1 Å². The van der Waals surface area contributed by atoms with Gasteiger partial charge in [-0.2, -0.15) is 0 Å². The van der Waals surface area contributed by atoms with Crippen LogP contribution in [-0.2, 0) is 14.2 Å². The molecule has 0 rings (SSSR count). The molecule has 0 saturated carbocycles. The van der Waals surface area contributed by atoms with Crippen LogP contribution in [0.25, 0.3) is 0 Å². The van der Waals surface area contributed by atoms with Crippen molar-refractivity contribution in [2.24, 2.45) is 17.8 Å². The van der Waals surface area contributed by atoms with Gasteiger partial charge in [0.2, 0.25) is 0 Å². The van der Waals surface area contributed by atoms with E-state index < -0.39 is 0 Å². The molecule has 3 radical (unpaired) electrons. The third-order valence-electron chi connectivity index (χ3n) is 4.75. The lowest BCUT2D eigenvalue weighted by Gasteiger charge is -2.22. The van der Waals surface area contributed by atoms with E-state index in [1.165, 1.54) is 0 Å². The van der Waals surface area contributed by atoms with E-state index in [1.54, 1.807) is 0 Å². The molecule has 3 nitrogen and oxygen atoms in total. The molecule has 0 N–H and O–H groups in total. The minimum absolute atomic E-state index is 0.0539. The molecule has 0 aromatic carbocycles. The molecule has 24 heavy (non-hydrogen) atoms. The van der Waals surface area contributed by atoms with Gasteiger partial charge in [-0.05, 0) is 17.8 Å². The molecule has 0 amide bonds. The van der Waals surface area contributed by atoms with Crippen LogP contribution in [0, 0.1) is 37.6 Å². The van der Waals surface area contributed by atoms with Crippen LogP contribution in [0.4, 0.5) is 0 Å². The fourth-order valence-electron chi connectivity index (χ4n) is 2.39. The second kappa shape index (κ2) is 16.4. The molecule has 0 aliphatic rings. The van der Waals surface area contributed by atoms with Crippen LogP contribution < -0.4 is 0 Å². The van der Waals surface area contributed by atoms with Gasteiger partial charge in [0.25, 0.3) is 0 Å². The highest BCUT2D eigenvalue weighted by molar-refractivity contribution is 4.72. The molecule has 0 aliphatic carbocycles. The van der Waals surface area contributed by atoms with Crippen molar-refractivity contribution in [1.29, 1.82) is 0 Å². The van der Waals surface area contributed by atoms with E-state index in [0.717, 1.165) is 38.5 Å². The van der Waals surface area contributed by atoms with Crippen molar-refractivity contribution in [3.8, 4) is 0 Å². The average molecular weight is 342 g/mol. The highest BCUT2D eigenvalue weighted by atomic mass is 16.6. The Hall–Kier alpha value is -0.120. The molecule has 0 heterocycles. The third-order valence-corrected chi connectivity index (χ3v) is 4.75. The summed E-state index contributed by atoms with van der Waals surface area (Å²) in [7, 11) is 0. The van der Waals surface area contributed by atoms with Gasteiger partial charge in [0.15, 0.2) is 0 Å². The number of ether oxygens (including phenoxy) is 3. The Labute approximate surface area is 151 Å². The predicted molar refractivity (Wildman–Crippen MR) is 102 cm³/mol. The van der Waals surface area contributed by atoms with Gasteiger partial charge in [-0.25, -0.2) is 0 Å². The Morgan fingerprint density at radius 2 is 0.875 bits per heavy atom. The smallest absolute Gasteiger partial charge is 0.105 e. The molecule has 0 aliphatic heterocycles. The van der Waals surface area contributed by atoms with Crippen molar-refractivity contribution in [2.75, 3.05) is 13.2 Å². The van der Waals surface area contributed by atoms with E-state index >= 15 is 0 Å². The summed E-state index contributed by atoms with van der Waals surface area (Å²) in [4.78, 5) is 0. The van der Waals surface area contributed by atoms with E-state index in [1.807, 2.05) is 19.8 Å². The maximum absolute atomic E-state index is 5.97. The van der Waals surface area contributed by atoms with Crippen LogP contribution >= 0.6 is 0 Å². The monoisotopic (exact) mass is 341 g/mol. The second-order valence-corrected chi connectivity index (χ2v) is 6.56. The molecular weight excluding hydrogens is 300 g/mol. The molecule has 0 aromatic heterocycles. The van der Waals surface area contributed by atoms with E-state index in [0.29, 0.717) is 31.0 Å². The topological polar surface area (TPSA) is 27.7 Å².